The summed E-state index contributed by atoms with van der Waals surface area (Å²) in [5.41, 5.74) is 0.538. The standard InChI is InChI=1S/C15H15NO5S/c1-20-13-6-8-14(9-7-13)22(18,19)16-12-5-3-4-11(10-12)15(17)21-2/h3-10,16H,1-2H3. The van der Waals surface area contributed by atoms with E-state index in [9.17, 15) is 13.2 Å². The molecule has 0 atom stereocenters. The molecule has 0 heterocycles. The van der Waals surface area contributed by atoms with Crippen molar-refractivity contribution in [1.82, 2.24) is 0 Å². The first-order valence-electron chi connectivity index (χ1n) is 6.31. The summed E-state index contributed by atoms with van der Waals surface area (Å²) in [5, 5.41) is 0. The molecule has 0 aliphatic rings. The van der Waals surface area contributed by atoms with Gasteiger partial charge >= 0.3 is 5.97 Å². The molecule has 0 bridgehead atoms. The minimum absolute atomic E-state index is 0.0942. The van der Waals surface area contributed by atoms with Crippen molar-refractivity contribution in [1.29, 1.82) is 0 Å². The summed E-state index contributed by atoms with van der Waals surface area (Å²) in [6.07, 6.45) is 0. The molecule has 0 aromatic heterocycles. The van der Waals surface area contributed by atoms with Crippen molar-refractivity contribution >= 4 is 21.7 Å². The molecule has 116 valence electrons. The molecule has 0 radical (unpaired) electrons. The van der Waals surface area contributed by atoms with Crippen LogP contribution in [0.4, 0.5) is 5.69 Å². The lowest BCUT2D eigenvalue weighted by Crippen LogP contribution is -2.13. The molecular weight excluding hydrogens is 306 g/mol. The number of anilines is 1. The molecule has 0 spiro atoms. The molecule has 0 saturated carbocycles. The molecule has 1 N–H and O–H groups in total. The third-order valence-electron chi connectivity index (χ3n) is 2.91. The number of esters is 1. The minimum atomic E-state index is -3.75. The second-order valence-electron chi connectivity index (χ2n) is 4.35. The number of carbonyl (C=O) groups is 1. The fourth-order valence-corrected chi connectivity index (χ4v) is 2.85. The normalized spacial score (nSPS) is 10.8. The maximum absolute atomic E-state index is 12.3. The van der Waals surface area contributed by atoms with E-state index in [4.69, 9.17) is 4.74 Å². The van der Waals surface area contributed by atoms with E-state index in [-0.39, 0.29) is 16.1 Å². The van der Waals surface area contributed by atoms with Gasteiger partial charge in [0.15, 0.2) is 0 Å². The zero-order valence-electron chi connectivity index (χ0n) is 12.1. The number of methoxy groups -OCH3 is 2. The van der Waals surface area contributed by atoms with Crippen LogP contribution in [-0.4, -0.2) is 28.6 Å². The van der Waals surface area contributed by atoms with Crippen LogP contribution < -0.4 is 9.46 Å². The number of hydrogen-bond acceptors (Lipinski definition) is 5. The Bertz CT molecular complexity index is 769. The largest absolute Gasteiger partial charge is 0.497 e. The number of ether oxygens (including phenoxy) is 2. The monoisotopic (exact) mass is 321 g/mol. The Morgan fingerprint density at radius 2 is 1.73 bits per heavy atom. The van der Waals surface area contributed by atoms with Crippen LogP contribution in [0.15, 0.2) is 53.4 Å². The number of nitrogens with one attached hydrogen (secondary N) is 1. The van der Waals surface area contributed by atoms with E-state index in [1.807, 2.05) is 0 Å². The fraction of sp³-hybridized carbons (Fsp3) is 0.133. The van der Waals surface area contributed by atoms with E-state index in [1.165, 1.54) is 38.5 Å². The fourth-order valence-electron chi connectivity index (χ4n) is 1.80. The van der Waals surface area contributed by atoms with Crippen LogP contribution in [0.25, 0.3) is 0 Å². The first kappa shape index (κ1) is 15.8. The van der Waals surface area contributed by atoms with Crippen LogP contribution >= 0.6 is 0 Å². The second kappa shape index (κ2) is 6.48. The van der Waals surface area contributed by atoms with Gasteiger partial charge < -0.3 is 9.47 Å². The van der Waals surface area contributed by atoms with Gasteiger partial charge in [-0.1, -0.05) is 6.07 Å². The molecule has 0 unspecified atom stereocenters. The molecule has 2 aromatic carbocycles. The maximum Gasteiger partial charge on any atom is 0.337 e. The van der Waals surface area contributed by atoms with Crippen LogP contribution in [0.3, 0.4) is 0 Å². The van der Waals surface area contributed by atoms with Gasteiger partial charge in [-0.2, -0.15) is 0 Å². The summed E-state index contributed by atoms with van der Waals surface area (Å²) in [4.78, 5) is 11.6. The summed E-state index contributed by atoms with van der Waals surface area (Å²) < 4.78 is 36.6. The van der Waals surface area contributed by atoms with E-state index >= 15 is 0 Å². The molecule has 0 aliphatic heterocycles. The van der Waals surface area contributed by atoms with Crippen molar-refractivity contribution < 1.29 is 22.7 Å². The summed E-state index contributed by atoms with van der Waals surface area (Å²) in [7, 11) is -0.985. The summed E-state index contributed by atoms with van der Waals surface area (Å²) >= 11 is 0. The Balaban J connectivity index is 2.26. The maximum atomic E-state index is 12.3. The highest BCUT2D eigenvalue weighted by atomic mass is 32.2. The van der Waals surface area contributed by atoms with Gasteiger partial charge in [-0.15, -0.1) is 0 Å². The average Bonchev–Trinajstić information content (AvgIpc) is 2.54. The number of benzene rings is 2. The lowest BCUT2D eigenvalue weighted by Gasteiger charge is -2.09. The number of hydrogen-bond donors (Lipinski definition) is 1. The topological polar surface area (TPSA) is 81.7 Å². The van der Waals surface area contributed by atoms with Gasteiger partial charge in [0.05, 0.1) is 24.7 Å². The highest BCUT2D eigenvalue weighted by Crippen LogP contribution is 2.20. The molecule has 6 nitrogen and oxygen atoms in total. The lowest BCUT2D eigenvalue weighted by atomic mass is 10.2. The van der Waals surface area contributed by atoms with Gasteiger partial charge in [0.25, 0.3) is 10.0 Å². The molecule has 22 heavy (non-hydrogen) atoms. The highest BCUT2D eigenvalue weighted by Gasteiger charge is 2.15. The van der Waals surface area contributed by atoms with Crippen molar-refractivity contribution in [2.24, 2.45) is 0 Å². The first-order chi connectivity index (χ1) is 10.5. The molecule has 0 fully saturated rings. The quantitative estimate of drug-likeness (QED) is 0.854. The molecule has 0 amide bonds. The molecule has 7 heteroatoms. The SMILES string of the molecule is COC(=O)c1cccc(NS(=O)(=O)c2ccc(OC)cc2)c1. The zero-order valence-corrected chi connectivity index (χ0v) is 12.9. The smallest absolute Gasteiger partial charge is 0.337 e. The first-order valence-corrected chi connectivity index (χ1v) is 7.80. The summed E-state index contributed by atoms with van der Waals surface area (Å²) in [5.74, 6) is 0.0251. The highest BCUT2D eigenvalue weighted by molar-refractivity contribution is 7.92. The minimum Gasteiger partial charge on any atom is -0.497 e. The third kappa shape index (κ3) is 3.56. The van der Waals surface area contributed by atoms with E-state index < -0.39 is 16.0 Å². The van der Waals surface area contributed by atoms with Crippen molar-refractivity contribution in [2.45, 2.75) is 4.90 Å². The molecular formula is C15H15NO5S. The Kier molecular flexibility index (Phi) is 4.67. The van der Waals surface area contributed by atoms with Crippen LogP contribution in [-0.2, 0) is 14.8 Å². The Labute approximate surface area is 128 Å². The third-order valence-corrected chi connectivity index (χ3v) is 4.30. The Morgan fingerprint density at radius 1 is 1.05 bits per heavy atom. The predicted molar refractivity (Wildman–Crippen MR) is 81.6 cm³/mol. The average molecular weight is 321 g/mol. The molecule has 0 aliphatic carbocycles. The molecule has 2 aromatic rings. The molecule has 2 rings (SSSR count). The van der Waals surface area contributed by atoms with E-state index in [0.717, 1.165) is 0 Å². The lowest BCUT2D eigenvalue weighted by molar-refractivity contribution is 0.0601. The van der Waals surface area contributed by atoms with Gasteiger partial charge in [0.2, 0.25) is 0 Å². The number of carbonyl (C=O) groups excluding carboxylic acids is 1. The van der Waals surface area contributed by atoms with Crippen molar-refractivity contribution in [2.75, 3.05) is 18.9 Å². The zero-order chi connectivity index (χ0) is 16.2. The van der Waals surface area contributed by atoms with Gasteiger partial charge in [-0.3, -0.25) is 4.72 Å². The van der Waals surface area contributed by atoms with E-state index in [1.54, 1.807) is 24.3 Å². The van der Waals surface area contributed by atoms with Gasteiger partial charge in [-0.05, 0) is 42.5 Å². The number of rotatable bonds is 5. The van der Waals surface area contributed by atoms with Gasteiger partial charge in [-0.25, -0.2) is 13.2 Å². The molecule has 0 saturated heterocycles. The Hall–Kier alpha value is -2.54. The van der Waals surface area contributed by atoms with Crippen LogP contribution in [0.1, 0.15) is 10.4 Å². The summed E-state index contributed by atoms with van der Waals surface area (Å²) in [6, 6.07) is 12.0. The second-order valence-corrected chi connectivity index (χ2v) is 6.04. The predicted octanol–water partition coefficient (Wildman–Crippen LogP) is 2.28. The van der Waals surface area contributed by atoms with Crippen LogP contribution in [0.2, 0.25) is 0 Å². The van der Waals surface area contributed by atoms with E-state index in [2.05, 4.69) is 9.46 Å². The van der Waals surface area contributed by atoms with Crippen molar-refractivity contribution in [3.8, 4) is 5.75 Å². The van der Waals surface area contributed by atoms with Crippen molar-refractivity contribution in [3.05, 3.63) is 54.1 Å². The Morgan fingerprint density at radius 3 is 2.32 bits per heavy atom. The van der Waals surface area contributed by atoms with Gasteiger partial charge in [0, 0.05) is 5.69 Å². The summed E-state index contributed by atoms with van der Waals surface area (Å²) in [6.45, 7) is 0. The van der Waals surface area contributed by atoms with Crippen molar-refractivity contribution in [3.63, 3.8) is 0 Å². The van der Waals surface area contributed by atoms with Gasteiger partial charge in [0.1, 0.15) is 5.75 Å². The van der Waals surface area contributed by atoms with Crippen LogP contribution in [0, 0.1) is 0 Å². The van der Waals surface area contributed by atoms with Crippen LogP contribution in [0.5, 0.6) is 5.75 Å². The number of sulfonamides is 1. The van der Waals surface area contributed by atoms with E-state index in [0.29, 0.717) is 5.75 Å².